The largest absolute Gasteiger partial charge is 0.300 e. The number of carbonyl (C=O) groups excluding carboxylic acids is 1. The second-order valence-electron chi connectivity index (χ2n) is 3.29. The number of hydrogen-bond donors (Lipinski definition) is 1. The summed E-state index contributed by atoms with van der Waals surface area (Å²) in [5.41, 5.74) is 0. The number of unbranched alkanes of at least 4 members (excludes halogenated alkanes) is 2. The summed E-state index contributed by atoms with van der Waals surface area (Å²) in [4.78, 5) is 11.0. The molecule has 0 spiro atoms. The molecule has 2 heteroatoms. The zero-order valence-electron chi connectivity index (χ0n) is 8.18. The van der Waals surface area contributed by atoms with Crippen molar-refractivity contribution in [3.8, 4) is 0 Å². The van der Waals surface area contributed by atoms with Crippen LogP contribution in [0.2, 0.25) is 0 Å². The highest BCUT2D eigenvalue weighted by atomic mass is 32.1. The lowest BCUT2D eigenvalue weighted by atomic mass is 9.95. The van der Waals surface area contributed by atoms with Gasteiger partial charge in [-0.25, -0.2) is 0 Å². The minimum absolute atomic E-state index is 0.310. The van der Waals surface area contributed by atoms with Gasteiger partial charge in [-0.05, 0) is 31.9 Å². The molecule has 0 aromatic rings. The maximum atomic E-state index is 11.0. The Morgan fingerprint density at radius 2 is 2.00 bits per heavy atom. The molecule has 0 bridgehead atoms. The third-order valence-corrected chi connectivity index (χ3v) is 2.59. The Bertz CT molecular complexity index is 123. The Morgan fingerprint density at radius 1 is 1.33 bits per heavy atom. The second-order valence-corrected chi connectivity index (χ2v) is 3.74. The van der Waals surface area contributed by atoms with Crippen molar-refractivity contribution in [2.45, 2.75) is 46.0 Å². The molecule has 0 aromatic carbocycles. The highest BCUT2D eigenvalue weighted by Gasteiger charge is 2.10. The molecular formula is C10H20OS. The molecule has 0 amide bonds. The lowest BCUT2D eigenvalue weighted by Gasteiger charge is -2.09. The first-order valence-electron chi connectivity index (χ1n) is 4.83. The second kappa shape index (κ2) is 7.66. The van der Waals surface area contributed by atoms with E-state index in [0.29, 0.717) is 11.7 Å². The van der Waals surface area contributed by atoms with Crippen molar-refractivity contribution in [2.75, 3.05) is 5.75 Å². The highest BCUT2D eigenvalue weighted by Crippen LogP contribution is 2.14. The molecule has 0 rings (SSSR count). The van der Waals surface area contributed by atoms with E-state index in [1.165, 1.54) is 19.3 Å². The Balaban J connectivity index is 3.38. The minimum atomic E-state index is 0.310. The van der Waals surface area contributed by atoms with Gasteiger partial charge in [0.05, 0.1) is 0 Å². The fraction of sp³-hybridized carbons (Fsp3) is 0.900. The van der Waals surface area contributed by atoms with Crippen molar-refractivity contribution in [1.82, 2.24) is 0 Å². The van der Waals surface area contributed by atoms with Gasteiger partial charge in [0, 0.05) is 5.92 Å². The first kappa shape index (κ1) is 12.0. The van der Waals surface area contributed by atoms with Crippen molar-refractivity contribution in [3.05, 3.63) is 0 Å². The first-order valence-corrected chi connectivity index (χ1v) is 5.47. The van der Waals surface area contributed by atoms with Gasteiger partial charge in [-0.3, -0.25) is 4.79 Å². The van der Waals surface area contributed by atoms with E-state index < -0.39 is 0 Å². The van der Waals surface area contributed by atoms with Crippen molar-refractivity contribution < 1.29 is 4.79 Å². The van der Waals surface area contributed by atoms with Crippen molar-refractivity contribution in [1.29, 1.82) is 0 Å². The topological polar surface area (TPSA) is 17.1 Å². The predicted octanol–water partition coefficient (Wildman–Crippen LogP) is 3.09. The quantitative estimate of drug-likeness (QED) is 0.480. The lowest BCUT2D eigenvalue weighted by molar-refractivity contribution is -0.121. The highest BCUT2D eigenvalue weighted by molar-refractivity contribution is 7.80. The Hall–Kier alpha value is 0.0200. The van der Waals surface area contributed by atoms with Crippen molar-refractivity contribution in [2.24, 2.45) is 5.92 Å². The van der Waals surface area contributed by atoms with Gasteiger partial charge >= 0.3 is 0 Å². The fourth-order valence-corrected chi connectivity index (χ4v) is 1.60. The number of Topliss-reactive ketones (excluding diaryl/α,β-unsaturated/α-hetero) is 1. The number of ketones is 1. The SMILES string of the molecule is CCC(CCCCCS)C(C)=O. The summed E-state index contributed by atoms with van der Waals surface area (Å²) >= 11 is 4.14. The van der Waals surface area contributed by atoms with Crippen LogP contribution in [0.15, 0.2) is 0 Å². The molecule has 12 heavy (non-hydrogen) atoms. The van der Waals surface area contributed by atoms with Gasteiger partial charge in [0.25, 0.3) is 0 Å². The van der Waals surface area contributed by atoms with Crippen LogP contribution in [0.25, 0.3) is 0 Å². The van der Waals surface area contributed by atoms with Crippen LogP contribution in [0.4, 0.5) is 0 Å². The van der Waals surface area contributed by atoms with Gasteiger partial charge < -0.3 is 0 Å². The summed E-state index contributed by atoms with van der Waals surface area (Å²) in [5.74, 6) is 1.63. The van der Waals surface area contributed by atoms with Crippen LogP contribution < -0.4 is 0 Å². The van der Waals surface area contributed by atoms with E-state index >= 15 is 0 Å². The Labute approximate surface area is 81.3 Å². The molecule has 0 radical (unpaired) electrons. The Morgan fingerprint density at radius 3 is 2.42 bits per heavy atom. The number of carbonyl (C=O) groups is 1. The zero-order chi connectivity index (χ0) is 9.40. The number of thiol groups is 1. The van der Waals surface area contributed by atoms with Crippen molar-refractivity contribution in [3.63, 3.8) is 0 Å². The molecule has 72 valence electrons. The van der Waals surface area contributed by atoms with Gasteiger partial charge in [-0.1, -0.05) is 19.8 Å². The molecule has 0 aliphatic rings. The molecule has 0 saturated carbocycles. The lowest BCUT2D eigenvalue weighted by Crippen LogP contribution is -2.09. The molecule has 0 aromatic heterocycles. The molecule has 0 fully saturated rings. The average Bonchev–Trinajstić information content (AvgIpc) is 2.04. The monoisotopic (exact) mass is 188 g/mol. The summed E-state index contributed by atoms with van der Waals surface area (Å²) in [7, 11) is 0. The van der Waals surface area contributed by atoms with Crippen LogP contribution in [0.1, 0.15) is 46.0 Å². The maximum Gasteiger partial charge on any atom is 0.132 e. The number of hydrogen-bond acceptors (Lipinski definition) is 2. The van der Waals surface area contributed by atoms with E-state index in [1.54, 1.807) is 6.92 Å². The van der Waals surface area contributed by atoms with Gasteiger partial charge in [-0.15, -0.1) is 0 Å². The molecule has 1 nitrogen and oxygen atoms in total. The van der Waals surface area contributed by atoms with Crippen molar-refractivity contribution >= 4 is 18.4 Å². The molecule has 0 N–H and O–H groups in total. The molecular weight excluding hydrogens is 168 g/mol. The van der Waals surface area contributed by atoms with E-state index in [0.717, 1.165) is 18.6 Å². The molecule has 1 unspecified atom stereocenters. The molecule has 0 saturated heterocycles. The van der Waals surface area contributed by atoms with Gasteiger partial charge in [0.1, 0.15) is 5.78 Å². The van der Waals surface area contributed by atoms with Crippen LogP contribution in [0, 0.1) is 5.92 Å². The first-order chi connectivity index (χ1) is 5.72. The third kappa shape index (κ3) is 5.64. The minimum Gasteiger partial charge on any atom is -0.300 e. The van der Waals surface area contributed by atoms with Crippen LogP contribution in [-0.2, 0) is 4.79 Å². The predicted molar refractivity (Wildman–Crippen MR) is 56.8 cm³/mol. The van der Waals surface area contributed by atoms with Gasteiger partial charge in [-0.2, -0.15) is 12.6 Å². The van der Waals surface area contributed by atoms with Crippen LogP contribution in [0.3, 0.4) is 0 Å². The van der Waals surface area contributed by atoms with E-state index in [9.17, 15) is 4.79 Å². The fourth-order valence-electron chi connectivity index (χ4n) is 1.37. The van der Waals surface area contributed by atoms with Crippen LogP contribution >= 0.6 is 12.6 Å². The van der Waals surface area contributed by atoms with Crippen LogP contribution in [-0.4, -0.2) is 11.5 Å². The van der Waals surface area contributed by atoms with Gasteiger partial charge in [0.15, 0.2) is 0 Å². The summed E-state index contributed by atoms with van der Waals surface area (Å²) in [5, 5.41) is 0. The van der Waals surface area contributed by atoms with Crippen LogP contribution in [0.5, 0.6) is 0 Å². The van der Waals surface area contributed by atoms with E-state index in [-0.39, 0.29) is 0 Å². The molecule has 0 aliphatic heterocycles. The standard InChI is InChI=1S/C10H20OS/c1-3-10(9(2)11)7-5-4-6-8-12/h10,12H,3-8H2,1-2H3. The molecule has 0 aliphatic carbocycles. The summed E-state index contributed by atoms with van der Waals surface area (Å²) < 4.78 is 0. The maximum absolute atomic E-state index is 11.0. The van der Waals surface area contributed by atoms with Gasteiger partial charge in [0.2, 0.25) is 0 Å². The Kier molecular flexibility index (Phi) is 7.67. The summed E-state index contributed by atoms with van der Waals surface area (Å²) in [6.07, 6.45) is 5.64. The molecule has 0 heterocycles. The van der Waals surface area contributed by atoms with E-state index in [2.05, 4.69) is 19.6 Å². The average molecular weight is 188 g/mol. The third-order valence-electron chi connectivity index (χ3n) is 2.28. The molecule has 1 atom stereocenters. The zero-order valence-corrected chi connectivity index (χ0v) is 9.07. The summed E-state index contributed by atoms with van der Waals surface area (Å²) in [6, 6.07) is 0. The normalized spacial score (nSPS) is 12.9. The van der Waals surface area contributed by atoms with E-state index in [1.807, 2.05) is 0 Å². The van der Waals surface area contributed by atoms with E-state index in [4.69, 9.17) is 0 Å². The summed E-state index contributed by atoms with van der Waals surface area (Å²) in [6.45, 7) is 3.79. The smallest absolute Gasteiger partial charge is 0.132 e. The number of rotatable bonds is 7.